The van der Waals surface area contributed by atoms with Crippen molar-refractivity contribution in [1.82, 2.24) is 15.6 Å². The van der Waals surface area contributed by atoms with Gasteiger partial charge in [-0.15, -0.1) is 11.3 Å². The molecule has 0 fully saturated rings. The van der Waals surface area contributed by atoms with Gasteiger partial charge in [0, 0.05) is 17.1 Å². The minimum atomic E-state index is -0.290. The highest BCUT2D eigenvalue weighted by molar-refractivity contribution is 7.17. The van der Waals surface area contributed by atoms with Gasteiger partial charge in [0.25, 0.3) is 5.91 Å². The van der Waals surface area contributed by atoms with E-state index >= 15 is 0 Å². The molecule has 1 aromatic carbocycles. The van der Waals surface area contributed by atoms with E-state index < -0.39 is 0 Å². The standard InChI is InChI=1S/C15H16ClN3O2S/c1-3-17-12(20)8-18-14(21)13-9(2)19-15(22-13)10-4-6-11(16)7-5-10/h4-7H,3,8H2,1-2H3,(H,17,20)(H,18,21). The van der Waals surface area contributed by atoms with Crippen LogP contribution in [0, 0.1) is 6.92 Å². The normalized spacial score (nSPS) is 10.3. The number of nitrogens with one attached hydrogen (secondary N) is 2. The van der Waals surface area contributed by atoms with E-state index in [1.807, 2.05) is 19.1 Å². The molecule has 2 aromatic rings. The summed E-state index contributed by atoms with van der Waals surface area (Å²) in [6.45, 7) is 4.09. The number of hydrogen-bond donors (Lipinski definition) is 2. The Morgan fingerprint density at radius 1 is 1.23 bits per heavy atom. The molecule has 0 saturated carbocycles. The summed E-state index contributed by atoms with van der Waals surface area (Å²) in [6, 6.07) is 7.28. The first-order chi connectivity index (χ1) is 10.5. The first kappa shape index (κ1) is 16.5. The van der Waals surface area contributed by atoms with Gasteiger partial charge in [0.05, 0.1) is 12.2 Å². The van der Waals surface area contributed by atoms with Crippen molar-refractivity contribution in [2.75, 3.05) is 13.1 Å². The number of hydrogen-bond acceptors (Lipinski definition) is 4. The second-order valence-corrected chi connectivity index (χ2v) is 6.01. The molecule has 2 amide bonds. The maximum absolute atomic E-state index is 12.1. The Morgan fingerprint density at radius 2 is 1.91 bits per heavy atom. The van der Waals surface area contributed by atoms with E-state index in [-0.39, 0.29) is 18.4 Å². The van der Waals surface area contributed by atoms with Gasteiger partial charge >= 0.3 is 0 Å². The lowest BCUT2D eigenvalue weighted by Crippen LogP contribution is -2.36. The molecule has 0 aliphatic rings. The zero-order valence-electron chi connectivity index (χ0n) is 12.3. The Bertz CT molecular complexity index is 683. The lowest BCUT2D eigenvalue weighted by atomic mass is 10.2. The molecule has 0 radical (unpaired) electrons. The molecule has 0 aliphatic heterocycles. The minimum absolute atomic E-state index is 0.0414. The monoisotopic (exact) mass is 337 g/mol. The first-order valence-electron chi connectivity index (χ1n) is 6.79. The largest absolute Gasteiger partial charge is 0.355 e. The van der Waals surface area contributed by atoms with Crippen LogP contribution in [0.5, 0.6) is 0 Å². The maximum atomic E-state index is 12.1. The number of halogens is 1. The van der Waals surface area contributed by atoms with Crippen LogP contribution in [0.25, 0.3) is 10.6 Å². The first-order valence-corrected chi connectivity index (χ1v) is 7.99. The summed E-state index contributed by atoms with van der Waals surface area (Å²) in [6.07, 6.45) is 0. The number of aryl methyl sites for hydroxylation is 1. The fourth-order valence-electron chi connectivity index (χ4n) is 1.82. The molecule has 1 heterocycles. The molecule has 5 nitrogen and oxygen atoms in total. The molecule has 0 spiro atoms. The number of carbonyl (C=O) groups is 2. The van der Waals surface area contributed by atoms with E-state index in [0.29, 0.717) is 22.1 Å². The average Bonchev–Trinajstić information content (AvgIpc) is 2.88. The van der Waals surface area contributed by atoms with Gasteiger partial charge in [-0.3, -0.25) is 9.59 Å². The Hall–Kier alpha value is -1.92. The predicted octanol–water partition coefficient (Wildman–Crippen LogP) is 2.64. The molecule has 0 unspecified atom stereocenters. The summed E-state index contributed by atoms with van der Waals surface area (Å²) < 4.78 is 0. The number of carbonyl (C=O) groups excluding carboxylic acids is 2. The highest BCUT2D eigenvalue weighted by atomic mass is 35.5. The van der Waals surface area contributed by atoms with Crippen LogP contribution >= 0.6 is 22.9 Å². The van der Waals surface area contributed by atoms with Crippen LogP contribution in [0.15, 0.2) is 24.3 Å². The third-order valence-electron chi connectivity index (χ3n) is 2.88. The fourth-order valence-corrected chi connectivity index (χ4v) is 2.94. The van der Waals surface area contributed by atoms with Crippen LogP contribution in [0.3, 0.4) is 0 Å². The maximum Gasteiger partial charge on any atom is 0.263 e. The Balaban J connectivity index is 2.10. The quantitative estimate of drug-likeness (QED) is 0.881. The number of nitrogens with zero attached hydrogens (tertiary/aromatic N) is 1. The van der Waals surface area contributed by atoms with Crippen molar-refractivity contribution >= 4 is 34.8 Å². The van der Waals surface area contributed by atoms with E-state index in [4.69, 9.17) is 11.6 Å². The number of rotatable bonds is 5. The molecule has 2 rings (SSSR count). The van der Waals surface area contributed by atoms with Crippen molar-refractivity contribution in [2.45, 2.75) is 13.8 Å². The van der Waals surface area contributed by atoms with E-state index in [1.54, 1.807) is 19.1 Å². The van der Waals surface area contributed by atoms with Crippen molar-refractivity contribution in [3.8, 4) is 10.6 Å². The summed E-state index contributed by atoms with van der Waals surface area (Å²) in [5, 5.41) is 6.62. The van der Waals surface area contributed by atoms with Gasteiger partial charge in [0.1, 0.15) is 9.88 Å². The van der Waals surface area contributed by atoms with Gasteiger partial charge in [-0.05, 0) is 26.0 Å². The third-order valence-corrected chi connectivity index (χ3v) is 4.33. The number of benzene rings is 1. The Labute approximate surface area is 137 Å². The average molecular weight is 338 g/mol. The van der Waals surface area contributed by atoms with Crippen LogP contribution in [0.4, 0.5) is 0 Å². The predicted molar refractivity (Wildman–Crippen MR) is 88.3 cm³/mol. The lowest BCUT2D eigenvalue weighted by molar-refractivity contribution is -0.120. The SMILES string of the molecule is CCNC(=O)CNC(=O)c1sc(-c2ccc(Cl)cc2)nc1C. The molecule has 2 N–H and O–H groups in total. The van der Waals surface area contributed by atoms with Crippen LogP contribution in [-0.4, -0.2) is 29.9 Å². The third kappa shape index (κ3) is 4.05. The molecule has 116 valence electrons. The summed E-state index contributed by atoms with van der Waals surface area (Å²) in [5.74, 6) is -0.502. The summed E-state index contributed by atoms with van der Waals surface area (Å²) in [5.41, 5.74) is 1.55. The fraction of sp³-hybridized carbons (Fsp3) is 0.267. The van der Waals surface area contributed by atoms with Crippen molar-refractivity contribution in [1.29, 1.82) is 0 Å². The number of aromatic nitrogens is 1. The van der Waals surface area contributed by atoms with Gasteiger partial charge in [-0.2, -0.15) is 0 Å². The topological polar surface area (TPSA) is 71.1 Å². The van der Waals surface area contributed by atoms with Gasteiger partial charge in [0.2, 0.25) is 5.91 Å². The molecule has 0 bridgehead atoms. The Kier molecular flexibility index (Phi) is 5.51. The van der Waals surface area contributed by atoms with E-state index in [9.17, 15) is 9.59 Å². The molecule has 7 heteroatoms. The molecule has 0 aliphatic carbocycles. The number of thiazole rings is 1. The van der Waals surface area contributed by atoms with Crippen molar-refractivity contribution in [3.63, 3.8) is 0 Å². The number of likely N-dealkylation sites (N-methyl/N-ethyl adjacent to an activating group) is 1. The zero-order valence-corrected chi connectivity index (χ0v) is 13.8. The molecule has 1 aromatic heterocycles. The van der Waals surface area contributed by atoms with Gasteiger partial charge in [-0.25, -0.2) is 4.98 Å². The number of amides is 2. The van der Waals surface area contributed by atoms with Crippen LogP contribution < -0.4 is 10.6 Å². The van der Waals surface area contributed by atoms with Gasteiger partial charge < -0.3 is 10.6 Å². The zero-order chi connectivity index (χ0) is 16.1. The summed E-state index contributed by atoms with van der Waals surface area (Å²) >= 11 is 7.16. The van der Waals surface area contributed by atoms with Crippen LogP contribution in [-0.2, 0) is 4.79 Å². The summed E-state index contributed by atoms with van der Waals surface area (Å²) in [7, 11) is 0. The second-order valence-electron chi connectivity index (χ2n) is 4.58. The van der Waals surface area contributed by atoms with Crippen LogP contribution in [0.1, 0.15) is 22.3 Å². The molecule has 0 saturated heterocycles. The van der Waals surface area contributed by atoms with Crippen molar-refractivity contribution < 1.29 is 9.59 Å². The highest BCUT2D eigenvalue weighted by Crippen LogP contribution is 2.28. The van der Waals surface area contributed by atoms with Gasteiger partial charge in [-0.1, -0.05) is 23.7 Å². The Morgan fingerprint density at radius 3 is 2.55 bits per heavy atom. The van der Waals surface area contributed by atoms with Crippen molar-refractivity contribution in [2.24, 2.45) is 0 Å². The smallest absolute Gasteiger partial charge is 0.263 e. The van der Waals surface area contributed by atoms with E-state index in [0.717, 1.165) is 10.6 Å². The lowest BCUT2D eigenvalue weighted by Gasteiger charge is -2.03. The second kappa shape index (κ2) is 7.38. The van der Waals surface area contributed by atoms with E-state index in [1.165, 1.54) is 11.3 Å². The summed E-state index contributed by atoms with van der Waals surface area (Å²) in [4.78, 5) is 28.4. The van der Waals surface area contributed by atoms with Gasteiger partial charge in [0.15, 0.2) is 0 Å². The minimum Gasteiger partial charge on any atom is -0.355 e. The van der Waals surface area contributed by atoms with E-state index in [2.05, 4.69) is 15.6 Å². The molecule has 0 atom stereocenters. The molecular formula is C15H16ClN3O2S. The highest BCUT2D eigenvalue weighted by Gasteiger charge is 2.16. The van der Waals surface area contributed by atoms with Crippen molar-refractivity contribution in [3.05, 3.63) is 39.9 Å². The van der Waals surface area contributed by atoms with Crippen LogP contribution in [0.2, 0.25) is 5.02 Å². The molecule has 22 heavy (non-hydrogen) atoms. The molecular weight excluding hydrogens is 322 g/mol.